The van der Waals surface area contributed by atoms with Crippen molar-refractivity contribution in [2.24, 2.45) is 5.92 Å². The van der Waals surface area contributed by atoms with Crippen molar-refractivity contribution in [2.45, 2.75) is 24.9 Å². The van der Waals surface area contributed by atoms with Crippen molar-refractivity contribution >= 4 is 23.3 Å². The number of benzene rings is 1. The molecule has 2 amide bonds. The first-order valence-electron chi connectivity index (χ1n) is 8.88. The molecule has 0 radical (unpaired) electrons. The Balaban J connectivity index is 1.41. The fraction of sp³-hybridized carbons (Fsp3) is 0.611. The monoisotopic (exact) mass is 365 g/mol. The average Bonchev–Trinajstić information content (AvgIpc) is 3.46. The number of carbonyl (C=O) groups is 1. The molecule has 1 aromatic rings. The predicted octanol–water partition coefficient (Wildman–Crippen LogP) is 2.68. The molecule has 2 aliphatic heterocycles. The van der Waals surface area contributed by atoms with Crippen LogP contribution in [0.1, 0.15) is 12.8 Å². The quantitative estimate of drug-likeness (QED) is 0.894. The molecule has 4 rings (SSSR count). The smallest absolute Gasteiger partial charge is 0.322 e. The summed E-state index contributed by atoms with van der Waals surface area (Å²) in [5, 5.41) is 3.50. The zero-order valence-corrected chi connectivity index (χ0v) is 15.2. The molecular weight excluding hydrogens is 342 g/mol. The number of anilines is 1. The van der Waals surface area contributed by atoms with E-state index in [9.17, 15) is 4.79 Å². The lowest BCUT2D eigenvalue weighted by Crippen LogP contribution is -2.63. The van der Waals surface area contributed by atoms with E-state index in [-0.39, 0.29) is 6.03 Å². The largest absolute Gasteiger partial charge is 0.495 e. The van der Waals surface area contributed by atoms with Gasteiger partial charge in [-0.2, -0.15) is 0 Å². The SMILES string of the molecule is COc1ccc(Cl)cc1NC(=O)N1CCN2[C@@H](COC[C@@H]2C2CC2)C1. The average molecular weight is 366 g/mol. The molecule has 25 heavy (non-hydrogen) atoms. The molecule has 2 heterocycles. The zero-order valence-electron chi connectivity index (χ0n) is 14.4. The van der Waals surface area contributed by atoms with E-state index in [0.717, 1.165) is 25.6 Å². The van der Waals surface area contributed by atoms with Crippen LogP contribution in [0.3, 0.4) is 0 Å². The lowest BCUT2D eigenvalue weighted by atomic mass is 10.0. The minimum Gasteiger partial charge on any atom is -0.495 e. The highest BCUT2D eigenvalue weighted by atomic mass is 35.5. The molecule has 1 aliphatic carbocycles. The summed E-state index contributed by atoms with van der Waals surface area (Å²) in [4.78, 5) is 17.1. The van der Waals surface area contributed by atoms with E-state index in [1.54, 1.807) is 25.3 Å². The molecule has 6 nitrogen and oxygen atoms in total. The number of hydrogen-bond acceptors (Lipinski definition) is 4. The molecule has 3 aliphatic rings. The van der Waals surface area contributed by atoms with Gasteiger partial charge in [-0.25, -0.2) is 4.79 Å². The molecule has 7 heteroatoms. The van der Waals surface area contributed by atoms with Gasteiger partial charge >= 0.3 is 6.03 Å². The highest BCUT2D eigenvalue weighted by molar-refractivity contribution is 6.31. The van der Waals surface area contributed by atoms with Crippen molar-refractivity contribution < 1.29 is 14.3 Å². The van der Waals surface area contributed by atoms with Crippen molar-refractivity contribution in [3.8, 4) is 5.75 Å². The molecular formula is C18H24ClN3O3. The Labute approximate surface area is 153 Å². The zero-order chi connectivity index (χ0) is 17.4. The lowest BCUT2D eigenvalue weighted by molar-refractivity contribution is -0.0796. The maximum atomic E-state index is 12.7. The molecule has 1 N–H and O–H groups in total. The van der Waals surface area contributed by atoms with E-state index < -0.39 is 0 Å². The number of piperazine rings is 1. The minimum absolute atomic E-state index is 0.117. The Morgan fingerprint density at radius 3 is 2.92 bits per heavy atom. The third-order valence-electron chi connectivity index (χ3n) is 5.41. The normalized spacial score (nSPS) is 26.9. The molecule has 0 unspecified atom stereocenters. The minimum atomic E-state index is -0.117. The number of ether oxygens (including phenoxy) is 2. The van der Waals surface area contributed by atoms with Gasteiger partial charge < -0.3 is 19.7 Å². The van der Waals surface area contributed by atoms with Crippen molar-refractivity contribution in [1.29, 1.82) is 0 Å². The summed E-state index contributed by atoms with van der Waals surface area (Å²) < 4.78 is 11.1. The van der Waals surface area contributed by atoms with Crippen LogP contribution in [0.2, 0.25) is 5.02 Å². The molecule has 0 bridgehead atoms. The van der Waals surface area contributed by atoms with E-state index in [1.165, 1.54) is 12.8 Å². The van der Waals surface area contributed by atoms with Crippen molar-refractivity contribution in [3.05, 3.63) is 23.2 Å². The number of amides is 2. The van der Waals surface area contributed by atoms with Crippen LogP contribution in [0.5, 0.6) is 5.75 Å². The predicted molar refractivity (Wildman–Crippen MR) is 96.4 cm³/mol. The Morgan fingerprint density at radius 1 is 1.32 bits per heavy atom. The van der Waals surface area contributed by atoms with Crippen molar-refractivity contribution in [1.82, 2.24) is 9.80 Å². The van der Waals surface area contributed by atoms with Crippen LogP contribution >= 0.6 is 11.6 Å². The summed E-state index contributed by atoms with van der Waals surface area (Å²) in [6.07, 6.45) is 2.63. The highest BCUT2D eigenvalue weighted by Crippen LogP contribution is 2.38. The first kappa shape index (κ1) is 16.9. The van der Waals surface area contributed by atoms with Crippen LogP contribution in [0.4, 0.5) is 10.5 Å². The third kappa shape index (κ3) is 3.57. The van der Waals surface area contributed by atoms with Gasteiger partial charge in [0.25, 0.3) is 0 Å². The van der Waals surface area contributed by atoms with E-state index in [4.69, 9.17) is 21.1 Å². The maximum absolute atomic E-state index is 12.7. The van der Waals surface area contributed by atoms with Crippen LogP contribution in [-0.4, -0.2) is 67.9 Å². The summed E-state index contributed by atoms with van der Waals surface area (Å²) in [5.74, 6) is 1.39. The van der Waals surface area contributed by atoms with Gasteiger partial charge in [0.15, 0.2) is 0 Å². The van der Waals surface area contributed by atoms with Gasteiger partial charge in [-0.05, 0) is 37.0 Å². The molecule has 0 aromatic heterocycles. The van der Waals surface area contributed by atoms with Crippen LogP contribution in [0, 0.1) is 5.92 Å². The van der Waals surface area contributed by atoms with Crippen LogP contribution in [-0.2, 0) is 4.74 Å². The van der Waals surface area contributed by atoms with Crippen LogP contribution < -0.4 is 10.1 Å². The fourth-order valence-corrected chi connectivity index (χ4v) is 4.09. The molecule has 1 saturated carbocycles. The number of fused-ring (bicyclic) bond motifs is 1. The second kappa shape index (κ2) is 7.02. The van der Waals surface area contributed by atoms with E-state index in [1.807, 2.05) is 4.90 Å². The number of urea groups is 1. The van der Waals surface area contributed by atoms with Gasteiger partial charge in [0.1, 0.15) is 5.75 Å². The molecule has 0 spiro atoms. The third-order valence-corrected chi connectivity index (χ3v) is 5.64. The number of rotatable bonds is 3. The van der Waals surface area contributed by atoms with Gasteiger partial charge in [0, 0.05) is 30.7 Å². The number of carbonyl (C=O) groups excluding carboxylic acids is 1. The van der Waals surface area contributed by atoms with Gasteiger partial charge in [-0.3, -0.25) is 4.90 Å². The number of halogens is 1. The van der Waals surface area contributed by atoms with Gasteiger partial charge in [0.05, 0.1) is 32.1 Å². The second-order valence-electron chi connectivity index (χ2n) is 7.05. The van der Waals surface area contributed by atoms with E-state index in [2.05, 4.69) is 10.2 Å². The maximum Gasteiger partial charge on any atom is 0.322 e. The number of methoxy groups -OCH3 is 1. The fourth-order valence-electron chi connectivity index (χ4n) is 3.92. The molecule has 1 aromatic carbocycles. The standard InChI is InChI=1S/C18H24ClN3O3/c1-24-17-5-4-13(19)8-15(17)20-18(23)21-6-7-22-14(9-21)10-25-11-16(22)12-2-3-12/h4-5,8,12,14,16H,2-3,6-7,9-11H2,1H3,(H,20,23)/t14-,16-/m1/s1. The first-order chi connectivity index (χ1) is 12.2. The lowest BCUT2D eigenvalue weighted by Gasteiger charge is -2.48. The van der Waals surface area contributed by atoms with Crippen molar-refractivity contribution in [2.75, 3.05) is 45.3 Å². The van der Waals surface area contributed by atoms with Crippen LogP contribution in [0.25, 0.3) is 0 Å². The molecule has 2 atom stereocenters. The highest BCUT2D eigenvalue weighted by Gasteiger charge is 2.43. The van der Waals surface area contributed by atoms with E-state index >= 15 is 0 Å². The van der Waals surface area contributed by atoms with Gasteiger partial charge in [0.2, 0.25) is 0 Å². The van der Waals surface area contributed by atoms with Gasteiger partial charge in [-0.15, -0.1) is 0 Å². The molecule has 2 saturated heterocycles. The molecule has 3 fully saturated rings. The summed E-state index contributed by atoms with van der Waals surface area (Å²) in [5.41, 5.74) is 0.596. The summed E-state index contributed by atoms with van der Waals surface area (Å²) in [6.45, 7) is 3.88. The number of nitrogens with one attached hydrogen (secondary N) is 1. The Hall–Kier alpha value is -1.50. The molecule has 136 valence electrons. The first-order valence-corrected chi connectivity index (χ1v) is 9.26. The Morgan fingerprint density at radius 2 is 2.16 bits per heavy atom. The van der Waals surface area contributed by atoms with Crippen molar-refractivity contribution in [3.63, 3.8) is 0 Å². The Kier molecular flexibility index (Phi) is 4.75. The topological polar surface area (TPSA) is 54.0 Å². The number of morpholine rings is 1. The second-order valence-corrected chi connectivity index (χ2v) is 7.49. The number of hydrogen-bond donors (Lipinski definition) is 1. The summed E-state index contributed by atoms with van der Waals surface area (Å²) in [7, 11) is 1.58. The van der Waals surface area contributed by atoms with Crippen LogP contribution in [0.15, 0.2) is 18.2 Å². The Bertz CT molecular complexity index is 652. The van der Waals surface area contributed by atoms with E-state index in [0.29, 0.717) is 41.7 Å². The summed E-state index contributed by atoms with van der Waals surface area (Å²) >= 11 is 6.04. The van der Waals surface area contributed by atoms with Gasteiger partial charge in [-0.1, -0.05) is 11.6 Å². The number of nitrogens with zero attached hydrogens (tertiary/aromatic N) is 2. The summed E-state index contributed by atoms with van der Waals surface area (Å²) in [6, 6.07) is 5.92.